The van der Waals surface area contributed by atoms with Gasteiger partial charge in [0.1, 0.15) is 10.5 Å². The monoisotopic (exact) mass is 313 g/mol. The zero-order chi connectivity index (χ0) is 14.2. The highest BCUT2D eigenvalue weighted by Crippen LogP contribution is 2.30. The van der Waals surface area contributed by atoms with Crippen LogP contribution in [0.15, 0.2) is 52.1 Å². The largest absolute Gasteiger partial charge is 0.431 e. The van der Waals surface area contributed by atoms with Crippen molar-refractivity contribution in [3.8, 4) is 0 Å². The molecule has 104 valence electrons. The quantitative estimate of drug-likeness (QED) is 0.451. The smallest absolute Gasteiger partial charge is 0.257 e. The average molecular weight is 313 g/mol. The first-order valence-electron chi connectivity index (χ1n) is 6.41. The lowest BCUT2D eigenvalue weighted by molar-refractivity contribution is 0.489. The molecule has 0 bridgehead atoms. The molecule has 0 saturated heterocycles. The van der Waals surface area contributed by atoms with Gasteiger partial charge in [0, 0.05) is 11.8 Å². The number of rotatable bonds is 3. The van der Waals surface area contributed by atoms with E-state index in [1.54, 1.807) is 29.2 Å². The Bertz CT molecular complexity index is 896. The molecule has 0 radical (unpaired) electrons. The van der Waals surface area contributed by atoms with E-state index in [1.807, 2.05) is 30.3 Å². The summed E-state index contributed by atoms with van der Waals surface area (Å²) in [6.07, 6.45) is 0. The molecule has 4 nitrogen and oxygen atoms in total. The first kappa shape index (κ1) is 12.7. The number of fused-ring (bicyclic) bond motifs is 2. The number of nitrogens with two attached hydrogens (primary N) is 1. The second kappa shape index (κ2) is 5.05. The third kappa shape index (κ3) is 2.48. The number of hydrogen-bond acceptors (Lipinski definition) is 6. The molecule has 6 heteroatoms. The summed E-state index contributed by atoms with van der Waals surface area (Å²) in [6, 6.07) is 13.6. The fourth-order valence-electron chi connectivity index (χ4n) is 2.09. The van der Waals surface area contributed by atoms with Gasteiger partial charge in [-0.25, -0.2) is 9.97 Å². The fraction of sp³-hybridized carbons (Fsp3) is 0.0667. The van der Waals surface area contributed by atoms with Gasteiger partial charge in [0.05, 0.1) is 16.0 Å². The van der Waals surface area contributed by atoms with Gasteiger partial charge < -0.3 is 10.2 Å². The summed E-state index contributed by atoms with van der Waals surface area (Å²) >= 11 is 3.25. The summed E-state index contributed by atoms with van der Waals surface area (Å²) in [7, 11) is 0. The number of thioether (sulfide) groups is 1. The van der Waals surface area contributed by atoms with E-state index in [0.29, 0.717) is 10.9 Å². The molecule has 2 N–H and O–H groups in total. The van der Waals surface area contributed by atoms with Crippen LogP contribution in [0.1, 0.15) is 5.01 Å². The molecule has 2 aromatic heterocycles. The van der Waals surface area contributed by atoms with E-state index in [2.05, 4.69) is 16.0 Å². The van der Waals surface area contributed by atoms with Crippen molar-refractivity contribution < 1.29 is 4.42 Å². The minimum absolute atomic E-state index is 0.648. The molecule has 21 heavy (non-hydrogen) atoms. The number of benzene rings is 2. The van der Waals surface area contributed by atoms with Crippen LogP contribution in [-0.2, 0) is 5.75 Å². The summed E-state index contributed by atoms with van der Waals surface area (Å²) < 4.78 is 6.90. The molecule has 4 aromatic rings. The van der Waals surface area contributed by atoms with E-state index in [-0.39, 0.29) is 0 Å². The van der Waals surface area contributed by atoms with E-state index in [4.69, 9.17) is 10.2 Å². The van der Waals surface area contributed by atoms with Crippen LogP contribution in [0.5, 0.6) is 0 Å². The molecule has 0 aliphatic rings. The van der Waals surface area contributed by atoms with Crippen LogP contribution >= 0.6 is 23.1 Å². The Morgan fingerprint density at radius 1 is 1.10 bits per heavy atom. The maximum atomic E-state index is 5.74. The van der Waals surface area contributed by atoms with Crippen molar-refractivity contribution in [2.24, 2.45) is 0 Å². The van der Waals surface area contributed by atoms with Gasteiger partial charge in [0.25, 0.3) is 5.22 Å². The van der Waals surface area contributed by atoms with Crippen molar-refractivity contribution in [2.45, 2.75) is 11.0 Å². The maximum Gasteiger partial charge on any atom is 0.257 e. The normalized spacial score (nSPS) is 11.4. The molecule has 0 aliphatic carbocycles. The van der Waals surface area contributed by atoms with E-state index in [9.17, 15) is 0 Å². The molecule has 0 unspecified atom stereocenters. The van der Waals surface area contributed by atoms with Crippen molar-refractivity contribution >= 4 is 50.1 Å². The van der Waals surface area contributed by atoms with Crippen LogP contribution in [0.3, 0.4) is 0 Å². The third-order valence-corrected chi connectivity index (χ3v) is 5.11. The summed E-state index contributed by atoms with van der Waals surface area (Å²) in [6.45, 7) is 0. The number of para-hydroxylation sites is 1. The summed E-state index contributed by atoms with van der Waals surface area (Å²) in [5.41, 5.74) is 9.02. The molecule has 0 amide bonds. The Kier molecular flexibility index (Phi) is 3.05. The van der Waals surface area contributed by atoms with Gasteiger partial charge in [-0.05, 0) is 24.3 Å². The lowest BCUT2D eigenvalue weighted by atomic mass is 10.3. The van der Waals surface area contributed by atoms with Crippen LogP contribution in [0, 0.1) is 0 Å². The number of anilines is 1. The van der Waals surface area contributed by atoms with Gasteiger partial charge in [0.15, 0.2) is 5.58 Å². The number of oxazole rings is 1. The van der Waals surface area contributed by atoms with Gasteiger partial charge in [-0.15, -0.1) is 11.3 Å². The summed E-state index contributed by atoms with van der Waals surface area (Å²) in [5, 5.41) is 1.72. The zero-order valence-electron chi connectivity index (χ0n) is 10.9. The topological polar surface area (TPSA) is 64.9 Å². The Hall–Kier alpha value is -2.05. The molecule has 0 fully saturated rings. The van der Waals surface area contributed by atoms with Crippen molar-refractivity contribution in [1.82, 2.24) is 9.97 Å². The number of thiazole rings is 1. The molecule has 2 aromatic carbocycles. The minimum Gasteiger partial charge on any atom is -0.431 e. The van der Waals surface area contributed by atoms with Gasteiger partial charge in [0.2, 0.25) is 0 Å². The first-order chi connectivity index (χ1) is 10.3. The average Bonchev–Trinajstić information content (AvgIpc) is 3.07. The standard InChI is InChI=1S/C15H11N3OS2/c16-9-5-6-10-12(7-9)19-15(18-10)20-8-14-17-11-3-1-2-4-13(11)21-14/h1-7H,8,16H2. The molecular formula is C15H11N3OS2. The molecule has 0 saturated carbocycles. The molecule has 0 atom stereocenters. The highest BCUT2D eigenvalue weighted by Gasteiger charge is 2.09. The van der Waals surface area contributed by atoms with Crippen molar-refractivity contribution in [3.63, 3.8) is 0 Å². The lowest BCUT2D eigenvalue weighted by Crippen LogP contribution is -1.81. The Labute approximate surface area is 129 Å². The Morgan fingerprint density at radius 2 is 2.00 bits per heavy atom. The number of aromatic nitrogens is 2. The molecule has 0 aliphatic heterocycles. The van der Waals surface area contributed by atoms with Crippen LogP contribution in [-0.4, -0.2) is 9.97 Å². The second-order valence-corrected chi connectivity index (χ2v) is 6.61. The zero-order valence-corrected chi connectivity index (χ0v) is 12.6. The predicted molar refractivity (Wildman–Crippen MR) is 87.6 cm³/mol. The first-order valence-corrected chi connectivity index (χ1v) is 8.21. The predicted octanol–water partition coefficient (Wildman–Crippen LogP) is 4.31. The van der Waals surface area contributed by atoms with Crippen molar-refractivity contribution in [2.75, 3.05) is 5.73 Å². The van der Waals surface area contributed by atoms with Crippen molar-refractivity contribution in [1.29, 1.82) is 0 Å². The lowest BCUT2D eigenvalue weighted by Gasteiger charge is -1.91. The fourth-order valence-corrected chi connectivity index (χ4v) is 3.89. The Morgan fingerprint density at radius 3 is 2.90 bits per heavy atom. The highest BCUT2D eigenvalue weighted by atomic mass is 32.2. The SMILES string of the molecule is Nc1ccc2nc(SCc3nc4ccccc4s3)oc2c1. The van der Waals surface area contributed by atoms with Crippen LogP contribution < -0.4 is 5.73 Å². The highest BCUT2D eigenvalue weighted by molar-refractivity contribution is 7.98. The van der Waals surface area contributed by atoms with Crippen LogP contribution in [0.25, 0.3) is 21.3 Å². The molecule has 4 rings (SSSR count). The third-order valence-electron chi connectivity index (χ3n) is 3.05. The van der Waals surface area contributed by atoms with E-state index in [0.717, 1.165) is 27.4 Å². The number of nitrogen functional groups attached to an aromatic ring is 1. The van der Waals surface area contributed by atoms with E-state index in [1.165, 1.54) is 4.70 Å². The van der Waals surface area contributed by atoms with Gasteiger partial charge in [-0.3, -0.25) is 0 Å². The maximum absolute atomic E-state index is 5.74. The van der Waals surface area contributed by atoms with E-state index < -0.39 is 0 Å². The van der Waals surface area contributed by atoms with Crippen LogP contribution in [0.4, 0.5) is 5.69 Å². The molecule has 0 spiro atoms. The second-order valence-electron chi connectivity index (χ2n) is 4.57. The van der Waals surface area contributed by atoms with Crippen molar-refractivity contribution in [3.05, 3.63) is 47.5 Å². The van der Waals surface area contributed by atoms with Gasteiger partial charge in [-0.1, -0.05) is 23.9 Å². The van der Waals surface area contributed by atoms with Crippen LogP contribution in [0.2, 0.25) is 0 Å². The van der Waals surface area contributed by atoms with Gasteiger partial charge in [-0.2, -0.15) is 0 Å². The number of hydrogen-bond donors (Lipinski definition) is 1. The minimum atomic E-state index is 0.648. The Balaban J connectivity index is 1.57. The summed E-state index contributed by atoms with van der Waals surface area (Å²) in [4.78, 5) is 9.04. The van der Waals surface area contributed by atoms with Gasteiger partial charge >= 0.3 is 0 Å². The summed E-state index contributed by atoms with van der Waals surface area (Å²) in [5.74, 6) is 0.752. The molecule has 2 heterocycles. The van der Waals surface area contributed by atoms with E-state index >= 15 is 0 Å². The molecular weight excluding hydrogens is 302 g/mol. The number of nitrogens with zero attached hydrogens (tertiary/aromatic N) is 2.